The van der Waals surface area contributed by atoms with Crippen molar-refractivity contribution in [3.05, 3.63) is 0 Å². The number of urea groups is 1. The quantitative estimate of drug-likeness (QED) is 0.773. The number of nitrogens with one attached hydrogen (secondary N) is 2. The molecule has 2 N–H and O–H groups in total. The highest BCUT2D eigenvalue weighted by atomic mass is 32.2. The lowest BCUT2D eigenvalue weighted by Crippen LogP contribution is -2.53. The summed E-state index contributed by atoms with van der Waals surface area (Å²) in [4.78, 5) is 14.7. The van der Waals surface area contributed by atoms with Gasteiger partial charge in [-0.25, -0.2) is 17.5 Å². The Bertz CT molecular complexity index is 531. The second-order valence-corrected chi connectivity index (χ2v) is 9.03. The maximum Gasteiger partial charge on any atom is 0.315 e. The Morgan fingerprint density at radius 2 is 1.70 bits per heavy atom. The van der Waals surface area contributed by atoms with Gasteiger partial charge < -0.3 is 10.6 Å². The topological polar surface area (TPSA) is 81.8 Å². The lowest BCUT2D eigenvalue weighted by atomic mass is 9.99. The smallest absolute Gasteiger partial charge is 0.315 e. The normalized spacial score (nSPS) is 30.8. The van der Waals surface area contributed by atoms with Gasteiger partial charge in [0.15, 0.2) is 0 Å². The monoisotopic (exact) mass is 344 g/mol. The van der Waals surface area contributed by atoms with Crippen LogP contribution >= 0.6 is 0 Å². The Labute approximate surface area is 138 Å². The van der Waals surface area contributed by atoms with Crippen molar-refractivity contribution in [3.8, 4) is 0 Å². The zero-order valence-corrected chi connectivity index (χ0v) is 14.6. The minimum atomic E-state index is -3.11. The number of hydrogen-bond donors (Lipinski definition) is 2. The van der Waals surface area contributed by atoms with Gasteiger partial charge in [0.05, 0.1) is 6.26 Å². The van der Waals surface area contributed by atoms with Crippen molar-refractivity contribution < 1.29 is 13.2 Å². The molecule has 3 aliphatic heterocycles. The molecule has 132 valence electrons. The van der Waals surface area contributed by atoms with Gasteiger partial charge in [0.1, 0.15) is 0 Å². The fourth-order valence-corrected chi connectivity index (χ4v) is 5.02. The third kappa shape index (κ3) is 4.16. The molecule has 0 aliphatic carbocycles. The van der Waals surface area contributed by atoms with E-state index in [1.165, 1.54) is 29.8 Å². The number of carbonyl (C=O) groups is 1. The van der Waals surface area contributed by atoms with Crippen molar-refractivity contribution in [1.82, 2.24) is 19.8 Å². The molecule has 0 aromatic heterocycles. The van der Waals surface area contributed by atoms with E-state index in [1.54, 1.807) is 0 Å². The highest BCUT2D eigenvalue weighted by molar-refractivity contribution is 7.88. The molecule has 3 saturated heterocycles. The molecular weight excluding hydrogens is 316 g/mol. The van der Waals surface area contributed by atoms with Crippen molar-refractivity contribution in [2.45, 2.75) is 56.7 Å². The van der Waals surface area contributed by atoms with Crippen LogP contribution in [0.15, 0.2) is 0 Å². The molecule has 0 saturated carbocycles. The van der Waals surface area contributed by atoms with Crippen LogP contribution in [0.3, 0.4) is 0 Å². The first kappa shape index (κ1) is 17.0. The molecule has 0 aromatic rings. The summed E-state index contributed by atoms with van der Waals surface area (Å²) >= 11 is 0. The second-order valence-electron chi connectivity index (χ2n) is 7.05. The Morgan fingerprint density at radius 1 is 0.957 bits per heavy atom. The van der Waals surface area contributed by atoms with E-state index in [4.69, 9.17) is 0 Å². The number of rotatable bonds is 3. The number of piperidine rings is 2. The Morgan fingerprint density at radius 3 is 2.39 bits per heavy atom. The molecule has 3 heterocycles. The third-order valence-corrected chi connectivity index (χ3v) is 6.73. The maximum atomic E-state index is 12.2. The fraction of sp³-hybridized carbons (Fsp3) is 0.933. The summed E-state index contributed by atoms with van der Waals surface area (Å²) < 4.78 is 24.5. The SMILES string of the molecule is CS(=O)(=O)N1CCC(NC(=O)NC2CCN3CCCCC23)CC1. The molecule has 0 aromatic carbocycles. The van der Waals surface area contributed by atoms with Crippen LogP contribution < -0.4 is 10.6 Å². The molecule has 0 radical (unpaired) electrons. The molecule has 8 heteroatoms. The standard InChI is InChI=1S/C15H28N4O3S/c1-23(21,22)19-10-5-12(6-11-19)16-15(20)17-13-7-9-18-8-3-2-4-14(13)18/h12-14H,2-11H2,1H3,(H2,16,17,20). The number of nitrogens with zero attached hydrogens (tertiary/aromatic N) is 2. The predicted molar refractivity (Wildman–Crippen MR) is 88.7 cm³/mol. The summed E-state index contributed by atoms with van der Waals surface area (Å²) in [7, 11) is -3.11. The van der Waals surface area contributed by atoms with Gasteiger partial charge in [-0.2, -0.15) is 0 Å². The predicted octanol–water partition coefficient (Wildman–Crippen LogP) is 0.336. The summed E-state index contributed by atoms with van der Waals surface area (Å²) in [6.45, 7) is 3.23. The van der Waals surface area contributed by atoms with E-state index >= 15 is 0 Å². The molecule has 3 rings (SSSR count). The van der Waals surface area contributed by atoms with E-state index in [0.29, 0.717) is 32.0 Å². The first-order valence-corrected chi connectivity index (χ1v) is 10.5. The molecular formula is C15H28N4O3S. The van der Waals surface area contributed by atoms with Crippen LogP contribution in [0.4, 0.5) is 4.79 Å². The molecule has 23 heavy (non-hydrogen) atoms. The summed E-state index contributed by atoms with van der Waals surface area (Å²) in [5.41, 5.74) is 0. The molecule has 3 fully saturated rings. The number of hydrogen-bond acceptors (Lipinski definition) is 4. The number of sulfonamides is 1. The Balaban J connectivity index is 1.44. The van der Waals surface area contributed by atoms with Crippen LogP contribution in [-0.4, -0.2) is 74.2 Å². The number of fused-ring (bicyclic) bond motifs is 1. The molecule has 0 spiro atoms. The van der Waals surface area contributed by atoms with Crippen LogP contribution in [0.5, 0.6) is 0 Å². The van der Waals surface area contributed by atoms with E-state index in [1.807, 2.05) is 0 Å². The van der Waals surface area contributed by atoms with Gasteiger partial charge in [-0.1, -0.05) is 6.42 Å². The van der Waals surface area contributed by atoms with Gasteiger partial charge in [0, 0.05) is 37.8 Å². The average molecular weight is 344 g/mol. The van der Waals surface area contributed by atoms with Crippen LogP contribution in [0.2, 0.25) is 0 Å². The second kappa shape index (κ2) is 6.94. The van der Waals surface area contributed by atoms with Gasteiger partial charge in [-0.3, -0.25) is 4.90 Å². The highest BCUT2D eigenvalue weighted by Crippen LogP contribution is 2.27. The van der Waals surface area contributed by atoms with E-state index in [0.717, 1.165) is 19.5 Å². The van der Waals surface area contributed by atoms with E-state index in [2.05, 4.69) is 15.5 Å². The highest BCUT2D eigenvalue weighted by Gasteiger charge is 2.36. The molecule has 7 nitrogen and oxygen atoms in total. The molecule has 2 atom stereocenters. The largest absolute Gasteiger partial charge is 0.335 e. The minimum Gasteiger partial charge on any atom is -0.335 e. The molecule has 3 aliphatic rings. The lowest BCUT2D eigenvalue weighted by molar-refractivity contribution is 0.177. The van der Waals surface area contributed by atoms with Gasteiger partial charge in [-0.15, -0.1) is 0 Å². The zero-order chi connectivity index (χ0) is 16.4. The van der Waals surface area contributed by atoms with Crippen LogP contribution in [0.25, 0.3) is 0 Å². The first-order valence-electron chi connectivity index (χ1n) is 8.70. The summed E-state index contributed by atoms with van der Waals surface area (Å²) in [6.07, 6.45) is 7.34. The van der Waals surface area contributed by atoms with Crippen LogP contribution in [0.1, 0.15) is 38.5 Å². The van der Waals surface area contributed by atoms with Crippen molar-refractivity contribution in [2.75, 3.05) is 32.4 Å². The fourth-order valence-electron chi connectivity index (χ4n) is 4.14. The van der Waals surface area contributed by atoms with Crippen molar-refractivity contribution in [3.63, 3.8) is 0 Å². The van der Waals surface area contributed by atoms with Crippen LogP contribution in [0, 0.1) is 0 Å². The van der Waals surface area contributed by atoms with E-state index in [9.17, 15) is 13.2 Å². The van der Waals surface area contributed by atoms with E-state index < -0.39 is 10.0 Å². The average Bonchev–Trinajstić information content (AvgIpc) is 2.90. The van der Waals surface area contributed by atoms with E-state index in [-0.39, 0.29) is 18.1 Å². The third-order valence-electron chi connectivity index (χ3n) is 5.43. The van der Waals surface area contributed by atoms with Gasteiger partial charge >= 0.3 is 6.03 Å². The number of amides is 2. The lowest BCUT2D eigenvalue weighted by Gasteiger charge is -2.33. The van der Waals surface area contributed by atoms with Crippen molar-refractivity contribution in [2.24, 2.45) is 0 Å². The first-order chi connectivity index (χ1) is 10.9. The van der Waals surface area contributed by atoms with Crippen molar-refractivity contribution in [1.29, 1.82) is 0 Å². The number of carbonyl (C=O) groups excluding carboxylic acids is 1. The summed E-state index contributed by atoms with van der Waals surface area (Å²) in [5.74, 6) is 0. The maximum absolute atomic E-state index is 12.2. The van der Waals surface area contributed by atoms with Gasteiger partial charge in [0.25, 0.3) is 0 Å². The summed E-state index contributed by atoms with van der Waals surface area (Å²) in [6, 6.07) is 0.727. The zero-order valence-electron chi connectivity index (χ0n) is 13.8. The Kier molecular flexibility index (Phi) is 5.13. The minimum absolute atomic E-state index is 0.0665. The van der Waals surface area contributed by atoms with Gasteiger partial charge in [0.2, 0.25) is 10.0 Å². The van der Waals surface area contributed by atoms with Crippen LogP contribution in [-0.2, 0) is 10.0 Å². The molecule has 2 amide bonds. The molecule has 2 unspecified atom stereocenters. The summed E-state index contributed by atoms with van der Waals surface area (Å²) in [5, 5.41) is 6.17. The molecule has 0 bridgehead atoms. The van der Waals surface area contributed by atoms with Gasteiger partial charge in [-0.05, 0) is 38.6 Å². The van der Waals surface area contributed by atoms with Crippen molar-refractivity contribution >= 4 is 16.1 Å². The Hall–Kier alpha value is -0.860.